The van der Waals surface area contributed by atoms with Crippen LogP contribution in [0.1, 0.15) is 57.3 Å². The smallest absolute Gasteiger partial charge is 0.163 e. The number of ether oxygens (including phenoxy) is 1. The summed E-state index contributed by atoms with van der Waals surface area (Å²) in [6.07, 6.45) is 2.59. The molecule has 118 valence electrons. The summed E-state index contributed by atoms with van der Waals surface area (Å²) in [5, 5.41) is 0. The highest BCUT2D eigenvalue weighted by atomic mass is 16.5. The van der Waals surface area contributed by atoms with Crippen molar-refractivity contribution in [2.24, 2.45) is 17.6 Å². The molecule has 21 heavy (non-hydrogen) atoms. The quantitative estimate of drug-likeness (QED) is 0.698. The van der Waals surface area contributed by atoms with Crippen LogP contribution in [0, 0.1) is 11.8 Å². The van der Waals surface area contributed by atoms with Crippen LogP contribution in [0.25, 0.3) is 0 Å². The van der Waals surface area contributed by atoms with E-state index in [1.807, 2.05) is 38.1 Å². The molecule has 0 radical (unpaired) electrons. The molecule has 0 heterocycles. The molecule has 1 rings (SSSR count). The second kappa shape index (κ2) is 8.83. The molecule has 0 spiro atoms. The van der Waals surface area contributed by atoms with Crippen LogP contribution in [-0.4, -0.2) is 18.4 Å². The first-order chi connectivity index (χ1) is 9.93. The van der Waals surface area contributed by atoms with Gasteiger partial charge in [-0.3, -0.25) is 4.79 Å². The van der Waals surface area contributed by atoms with Crippen molar-refractivity contribution in [3.63, 3.8) is 0 Å². The van der Waals surface area contributed by atoms with E-state index in [9.17, 15) is 4.79 Å². The lowest BCUT2D eigenvalue weighted by atomic mass is 9.87. The van der Waals surface area contributed by atoms with Crippen molar-refractivity contribution in [2.45, 2.75) is 53.1 Å². The van der Waals surface area contributed by atoms with Crippen LogP contribution in [0.3, 0.4) is 0 Å². The molecule has 0 bridgehead atoms. The molecule has 0 amide bonds. The fourth-order valence-corrected chi connectivity index (χ4v) is 2.50. The number of benzene rings is 1. The number of ketones is 1. The highest BCUT2D eigenvalue weighted by Gasteiger charge is 2.15. The first kappa shape index (κ1) is 17.7. The molecule has 0 saturated carbocycles. The number of rotatable bonds is 9. The summed E-state index contributed by atoms with van der Waals surface area (Å²) in [6.45, 7) is 9.04. The first-order valence-corrected chi connectivity index (χ1v) is 7.94. The van der Waals surface area contributed by atoms with E-state index in [-0.39, 0.29) is 11.9 Å². The molecule has 3 heteroatoms. The Labute approximate surface area is 128 Å². The van der Waals surface area contributed by atoms with Gasteiger partial charge in [-0.15, -0.1) is 0 Å². The summed E-state index contributed by atoms with van der Waals surface area (Å²) in [7, 11) is 0. The van der Waals surface area contributed by atoms with E-state index >= 15 is 0 Å². The first-order valence-electron chi connectivity index (χ1n) is 7.94. The van der Waals surface area contributed by atoms with Crippen molar-refractivity contribution in [3.05, 3.63) is 29.8 Å². The van der Waals surface area contributed by atoms with E-state index in [2.05, 4.69) is 13.8 Å². The van der Waals surface area contributed by atoms with Crippen molar-refractivity contribution in [2.75, 3.05) is 6.54 Å². The SMILES string of the molecule is CC(C)Oc1cccc(C(=O)CCC(CCN)C(C)C)c1. The summed E-state index contributed by atoms with van der Waals surface area (Å²) in [5.41, 5.74) is 6.39. The largest absolute Gasteiger partial charge is 0.491 e. The number of Topliss-reactive ketones (excluding diaryl/α,β-unsaturated/α-hetero) is 1. The Kier molecular flexibility index (Phi) is 7.44. The van der Waals surface area contributed by atoms with Gasteiger partial charge in [0.15, 0.2) is 5.78 Å². The predicted octanol–water partition coefficient (Wildman–Crippen LogP) is 4.06. The van der Waals surface area contributed by atoms with E-state index in [0.29, 0.717) is 24.8 Å². The molecule has 0 aromatic heterocycles. The third-order valence-corrected chi connectivity index (χ3v) is 3.75. The Morgan fingerprint density at radius 3 is 2.48 bits per heavy atom. The molecule has 0 saturated heterocycles. The van der Waals surface area contributed by atoms with E-state index in [1.165, 1.54) is 0 Å². The maximum Gasteiger partial charge on any atom is 0.163 e. The molecular weight excluding hydrogens is 262 g/mol. The molecular formula is C18H29NO2. The maximum atomic E-state index is 12.3. The average Bonchev–Trinajstić information content (AvgIpc) is 2.42. The lowest BCUT2D eigenvalue weighted by molar-refractivity contribution is 0.0968. The highest BCUT2D eigenvalue weighted by molar-refractivity contribution is 5.96. The van der Waals surface area contributed by atoms with Crippen molar-refractivity contribution in [1.29, 1.82) is 0 Å². The lowest BCUT2D eigenvalue weighted by Crippen LogP contribution is -2.16. The van der Waals surface area contributed by atoms with E-state index in [4.69, 9.17) is 10.5 Å². The molecule has 1 aromatic rings. The molecule has 1 atom stereocenters. The molecule has 0 aliphatic rings. The van der Waals surface area contributed by atoms with Crippen LogP contribution in [0.2, 0.25) is 0 Å². The summed E-state index contributed by atoms with van der Waals surface area (Å²) < 4.78 is 5.64. The number of carbonyl (C=O) groups excluding carboxylic acids is 1. The van der Waals surface area contributed by atoms with Crippen LogP contribution in [0.4, 0.5) is 0 Å². The number of carbonyl (C=O) groups is 1. The van der Waals surface area contributed by atoms with Gasteiger partial charge in [-0.25, -0.2) is 0 Å². The minimum atomic E-state index is 0.116. The Morgan fingerprint density at radius 2 is 1.90 bits per heavy atom. The predicted molar refractivity (Wildman–Crippen MR) is 87.8 cm³/mol. The Balaban J connectivity index is 2.62. The summed E-state index contributed by atoms with van der Waals surface area (Å²) in [6, 6.07) is 7.48. The zero-order valence-corrected chi connectivity index (χ0v) is 13.8. The van der Waals surface area contributed by atoms with E-state index in [0.717, 1.165) is 24.2 Å². The highest BCUT2D eigenvalue weighted by Crippen LogP contribution is 2.23. The molecule has 3 nitrogen and oxygen atoms in total. The standard InChI is InChI=1S/C18H29NO2/c1-13(2)15(10-11-19)8-9-18(20)16-6-5-7-17(12-16)21-14(3)4/h5-7,12-15H,8-11,19H2,1-4H3. The van der Waals surface area contributed by atoms with Gasteiger partial charge in [0.1, 0.15) is 5.75 Å². The summed E-state index contributed by atoms with van der Waals surface area (Å²) in [4.78, 5) is 12.3. The number of hydrogen-bond acceptors (Lipinski definition) is 3. The normalized spacial score (nSPS) is 12.7. The third-order valence-electron chi connectivity index (χ3n) is 3.75. The second-order valence-electron chi connectivity index (χ2n) is 6.24. The van der Waals surface area contributed by atoms with Crippen molar-refractivity contribution >= 4 is 5.78 Å². The average molecular weight is 291 g/mol. The summed E-state index contributed by atoms with van der Waals surface area (Å²) >= 11 is 0. The molecule has 1 unspecified atom stereocenters. The van der Waals surface area contributed by atoms with Crippen LogP contribution in [0.15, 0.2) is 24.3 Å². The minimum absolute atomic E-state index is 0.116. The zero-order valence-electron chi connectivity index (χ0n) is 13.8. The molecule has 1 aromatic carbocycles. The van der Waals surface area contributed by atoms with E-state index in [1.54, 1.807) is 0 Å². The Hall–Kier alpha value is -1.35. The lowest BCUT2D eigenvalue weighted by Gasteiger charge is -2.19. The van der Waals surface area contributed by atoms with Crippen molar-refractivity contribution in [1.82, 2.24) is 0 Å². The molecule has 2 N–H and O–H groups in total. The van der Waals surface area contributed by atoms with Gasteiger partial charge in [0.05, 0.1) is 6.10 Å². The third kappa shape index (κ3) is 6.30. The van der Waals surface area contributed by atoms with Crippen LogP contribution < -0.4 is 10.5 Å². The van der Waals surface area contributed by atoms with E-state index < -0.39 is 0 Å². The molecule has 0 aliphatic heterocycles. The van der Waals surface area contributed by atoms with Crippen LogP contribution in [0.5, 0.6) is 5.75 Å². The Morgan fingerprint density at radius 1 is 1.19 bits per heavy atom. The fraction of sp³-hybridized carbons (Fsp3) is 0.611. The molecule has 0 aliphatic carbocycles. The second-order valence-corrected chi connectivity index (χ2v) is 6.24. The van der Waals surface area contributed by atoms with Crippen molar-refractivity contribution < 1.29 is 9.53 Å². The van der Waals surface area contributed by atoms with Gasteiger partial charge < -0.3 is 10.5 Å². The van der Waals surface area contributed by atoms with Gasteiger partial charge in [-0.1, -0.05) is 26.0 Å². The van der Waals surface area contributed by atoms with Crippen LogP contribution >= 0.6 is 0 Å². The number of hydrogen-bond donors (Lipinski definition) is 1. The topological polar surface area (TPSA) is 52.3 Å². The van der Waals surface area contributed by atoms with Gasteiger partial charge in [-0.2, -0.15) is 0 Å². The monoisotopic (exact) mass is 291 g/mol. The van der Waals surface area contributed by atoms with Crippen molar-refractivity contribution in [3.8, 4) is 5.75 Å². The number of nitrogens with two attached hydrogens (primary N) is 1. The Bertz CT molecular complexity index is 441. The fourth-order valence-electron chi connectivity index (χ4n) is 2.50. The maximum absolute atomic E-state index is 12.3. The van der Waals surface area contributed by atoms with Gasteiger partial charge in [0.2, 0.25) is 0 Å². The zero-order chi connectivity index (χ0) is 15.8. The van der Waals surface area contributed by atoms with Gasteiger partial charge in [0, 0.05) is 12.0 Å². The van der Waals surface area contributed by atoms with Gasteiger partial charge in [-0.05, 0) is 57.2 Å². The van der Waals surface area contributed by atoms with Gasteiger partial charge >= 0.3 is 0 Å². The molecule has 0 fully saturated rings. The summed E-state index contributed by atoms with van der Waals surface area (Å²) in [5.74, 6) is 2.04. The van der Waals surface area contributed by atoms with Crippen LogP contribution in [-0.2, 0) is 0 Å². The minimum Gasteiger partial charge on any atom is -0.491 e. The van der Waals surface area contributed by atoms with Gasteiger partial charge in [0.25, 0.3) is 0 Å².